The minimum Gasteiger partial charge on any atom is -0.496 e. The van der Waals surface area contributed by atoms with Crippen molar-refractivity contribution in [3.63, 3.8) is 0 Å². The van der Waals surface area contributed by atoms with E-state index in [4.69, 9.17) is 4.74 Å². The summed E-state index contributed by atoms with van der Waals surface area (Å²) in [7, 11) is 1.71. The summed E-state index contributed by atoms with van der Waals surface area (Å²) in [6, 6.07) is 16.9. The topological polar surface area (TPSA) is 54.5 Å². The standard InChI is InChI=1S/C25H29N3O2S/c1-18(29)27-24(25-26-13-15-31-25)21-6-5-14-28(17-21)16-19-9-11-20(12-10-19)22-7-3-4-8-23(22)30-2/h3-4,7-13,15,21,24H,5-6,14,16-17H2,1-2H3,(H,27,29). The van der Waals surface area contributed by atoms with Gasteiger partial charge in [0.05, 0.1) is 13.2 Å². The molecular weight excluding hydrogens is 406 g/mol. The number of amides is 1. The molecule has 5 nitrogen and oxygen atoms in total. The number of para-hydroxylation sites is 1. The molecule has 2 atom stereocenters. The van der Waals surface area contributed by atoms with E-state index < -0.39 is 0 Å². The molecule has 2 aromatic carbocycles. The molecule has 1 aliphatic heterocycles. The van der Waals surface area contributed by atoms with Gasteiger partial charge < -0.3 is 10.1 Å². The molecule has 31 heavy (non-hydrogen) atoms. The lowest BCUT2D eigenvalue weighted by Gasteiger charge is -2.36. The Morgan fingerprint density at radius 2 is 2.06 bits per heavy atom. The van der Waals surface area contributed by atoms with Crippen molar-refractivity contribution in [3.05, 3.63) is 70.7 Å². The average molecular weight is 436 g/mol. The molecular formula is C25H29N3O2S. The van der Waals surface area contributed by atoms with Gasteiger partial charge in [-0.3, -0.25) is 9.69 Å². The third-order valence-electron chi connectivity index (χ3n) is 5.87. The summed E-state index contributed by atoms with van der Waals surface area (Å²) in [6.07, 6.45) is 4.05. The molecule has 1 amide bonds. The maximum absolute atomic E-state index is 11.8. The van der Waals surface area contributed by atoms with Crippen molar-refractivity contribution in [1.29, 1.82) is 0 Å². The number of benzene rings is 2. The molecule has 0 spiro atoms. The molecule has 1 N–H and O–H groups in total. The number of piperidine rings is 1. The Kier molecular flexibility index (Phi) is 6.99. The number of nitrogens with zero attached hydrogens (tertiary/aromatic N) is 2. The Morgan fingerprint density at radius 3 is 2.77 bits per heavy atom. The first-order valence-corrected chi connectivity index (χ1v) is 11.6. The van der Waals surface area contributed by atoms with Crippen molar-refractivity contribution in [2.75, 3.05) is 20.2 Å². The molecule has 162 valence electrons. The van der Waals surface area contributed by atoms with Crippen LogP contribution < -0.4 is 10.1 Å². The number of nitrogens with one attached hydrogen (secondary N) is 1. The van der Waals surface area contributed by atoms with Gasteiger partial charge in [-0.25, -0.2) is 4.98 Å². The summed E-state index contributed by atoms with van der Waals surface area (Å²) in [5.41, 5.74) is 3.56. The Morgan fingerprint density at radius 1 is 1.26 bits per heavy atom. The molecule has 3 aromatic rings. The number of hydrogen-bond acceptors (Lipinski definition) is 5. The molecule has 2 heterocycles. The summed E-state index contributed by atoms with van der Waals surface area (Å²) in [5, 5.41) is 6.13. The van der Waals surface area contributed by atoms with Gasteiger partial charge in [-0.15, -0.1) is 11.3 Å². The molecule has 1 aromatic heterocycles. The van der Waals surface area contributed by atoms with Crippen molar-refractivity contribution in [3.8, 4) is 16.9 Å². The van der Waals surface area contributed by atoms with Crippen molar-refractivity contribution in [2.24, 2.45) is 5.92 Å². The van der Waals surface area contributed by atoms with Crippen LogP contribution in [-0.4, -0.2) is 36.0 Å². The zero-order valence-electron chi connectivity index (χ0n) is 18.1. The molecule has 4 rings (SSSR count). The monoisotopic (exact) mass is 435 g/mol. The summed E-state index contributed by atoms with van der Waals surface area (Å²) in [5.74, 6) is 1.27. The van der Waals surface area contributed by atoms with Crippen molar-refractivity contribution in [1.82, 2.24) is 15.2 Å². The third kappa shape index (κ3) is 5.32. The highest BCUT2D eigenvalue weighted by atomic mass is 32.1. The molecule has 1 aliphatic rings. The first-order chi connectivity index (χ1) is 15.1. The smallest absolute Gasteiger partial charge is 0.217 e. The van der Waals surface area contributed by atoms with Crippen molar-refractivity contribution >= 4 is 17.2 Å². The van der Waals surface area contributed by atoms with Crippen LogP contribution in [0.25, 0.3) is 11.1 Å². The summed E-state index contributed by atoms with van der Waals surface area (Å²) < 4.78 is 5.50. The Labute approximate surface area is 188 Å². The van der Waals surface area contributed by atoms with Crippen LogP contribution in [0.1, 0.15) is 36.4 Å². The van der Waals surface area contributed by atoms with E-state index in [2.05, 4.69) is 45.5 Å². The summed E-state index contributed by atoms with van der Waals surface area (Å²) >= 11 is 1.62. The van der Waals surface area contributed by atoms with Gasteiger partial charge >= 0.3 is 0 Å². The van der Waals surface area contributed by atoms with E-state index >= 15 is 0 Å². The van der Waals surface area contributed by atoms with Gasteiger partial charge in [0.2, 0.25) is 5.91 Å². The second-order valence-corrected chi connectivity index (χ2v) is 9.01. The number of carbonyl (C=O) groups is 1. The molecule has 0 saturated carbocycles. The van der Waals surface area contributed by atoms with Crippen molar-refractivity contribution in [2.45, 2.75) is 32.4 Å². The van der Waals surface area contributed by atoms with E-state index in [9.17, 15) is 4.79 Å². The van der Waals surface area contributed by atoms with Crippen molar-refractivity contribution < 1.29 is 9.53 Å². The van der Waals surface area contributed by atoms with Crippen LogP contribution in [0.2, 0.25) is 0 Å². The maximum Gasteiger partial charge on any atom is 0.217 e. The molecule has 1 fully saturated rings. The van der Waals surface area contributed by atoms with Gasteiger partial charge in [0, 0.05) is 37.2 Å². The SMILES string of the molecule is COc1ccccc1-c1ccc(CN2CCCC(C(NC(C)=O)c3nccs3)C2)cc1. The van der Waals surface area contributed by atoms with E-state index in [1.54, 1.807) is 25.4 Å². The summed E-state index contributed by atoms with van der Waals surface area (Å²) in [6.45, 7) is 4.53. The lowest BCUT2D eigenvalue weighted by molar-refractivity contribution is -0.120. The lowest BCUT2D eigenvalue weighted by atomic mass is 9.90. The quantitative estimate of drug-likeness (QED) is 0.573. The van der Waals surface area contributed by atoms with Crippen LogP contribution >= 0.6 is 11.3 Å². The fourth-order valence-corrected chi connectivity index (χ4v) is 5.21. The zero-order chi connectivity index (χ0) is 21.6. The van der Waals surface area contributed by atoms with Gasteiger partial charge in [0.1, 0.15) is 10.8 Å². The fraction of sp³-hybridized carbons (Fsp3) is 0.360. The van der Waals surface area contributed by atoms with E-state index in [0.29, 0.717) is 5.92 Å². The predicted molar refractivity (Wildman–Crippen MR) is 125 cm³/mol. The van der Waals surface area contributed by atoms with E-state index in [1.807, 2.05) is 29.8 Å². The molecule has 1 saturated heterocycles. The molecule has 0 radical (unpaired) electrons. The largest absolute Gasteiger partial charge is 0.496 e. The number of ether oxygens (including phenoxy) is 1. The lowest BCUT2D eigenvalue weighted by Crippen LogP contribution is -2.42. The van der Waals surface area contributed by atoms with Gasteiger partial charge in [-0.05, 0) is 42.5 Å². The Hall–Kier alpha value is -2.70. The highest BCUT2D eigenvalue weighted by Gasteiger charge is 2.30. The van der Waals surface area contributed by atoms with Gasteiger partial charge in [0.15, 0.2) is 0 Å². The molecule has 2 unspecified atom stereocenters. The predicted octanol–water partition coefficient (Wildman–Crippen LogP) is 4.91. The second-order valence-electron chi connectivity index (χ2n) is 8.08. The highest BCUT2D eigenvalue weighted by Crippen LogP contribution is 2.32. The number of carbonyl (C=O) groups excluding carboxylic acids is 1. The normalized spacial score (nSPS) is 17.8. The van der Waals surface area contributed by atoms with Crippen LogP contribution in [0.5, 0.6) is 5.75 Å². The number of hydrogen-bond donors (Lipinski definition) is 1. The minimum absolute atomic E-state index is 0.00394. The third-order valence-corrected chi connectivity index (χ3v) is 6.73. The first kappa shape index (κ1) is 21.5. The Balaban J connectivity index is 1.44. The first-order valence-electron chi connectivity index (χ1n) is 10.7. The fourth-order valence-electron chi connectivity index (χ4n) is 4.43. The van der Waals surface area contributed by atoms with Crippen LogP contribution in [0, 0.1) is 5.92 Å². The number of aromatic nitrogens is 1. The number of rotatable bonds is 7. The molecule has 0 bridgehead atoms. The van der Waals surface area contributed by atoms with Crippen LogP contribution in [0.15, 0.2) is 60.1 Å². The molecule has 6 heteroatoms. The number of thiazole rings is 1. The number of likely N-dealkylation sites (tertiary alicyclic amines) is 1. The Bertz CT molecular complexity index is 988. The van der Waals surface area contributed by atoms with Crippen LogP contribution in [0.3, 0.4) is 0 Å². The molecule has 0 aliphatic carbocycles. The highest BCUT2D eigenvalue weighted by molar-refractivity contribution is 7.09. The van der Waals surface area contributed by atoms with Crippen LogP contribution in [-0.2, 0) is 11.3 Å². The minimum atomic E-state index is -0.00628. The van der Waals surface area contributed by atoms with Gasteiger partial charge in [-0.2, -0.15) is 0 Å². The van der Waals surface area contributed by atoms with Gasteiger partial charge in [-0.1, -0.05) is 42.5 Å². The van der Waals surface area contributed by atoms with Gasteiger partial charge in [0.25, 0.3) is 0 Å². The zero-order valence-corrected chi connectivity index (χ0v) is 18.9. The number of methoxy groups -OCH3 is 1. The maximum atomic E-state index is 11.8. The van der Waals surface area contributed by atoms with Crippen LogP contribution in [0.4, 0.5) is 0 Å². The second kappa shape index (κ2) is 10.1. The van der Waals surface area contributed by atoms with E-state index in [-0.39, 0.29) is 11.9 Å². The van der Waals surface area contributed by atoms with E-state index in [0.717, 1.165) is 54.4 Å². The summed E-state index contributed by atoms with van der Waals surface area (Å²) in [4.78, 5) is 18.8. The van der Waals surface area contributed by atoms with E-state index in [1.165, 1.54) is 5.56 Å². The average Bonchev–Trinajstić information content (AvgIpc) is 3.33.